The van der Waals surface area contributed by atoms with E-state index in [-0.39, 0.29) is 5.60 Å². The second-order valence-corrected chi connectivity index (χ2v) is 2.53. The van der Waals surface area contributed by atoms with E-state index in [0.29, 0.717) is 0 Å². The van der Waals surface area contributed by atoms with E-state index in [1.807, 2.05) is 20.8 Å². The van der Waals surface area contributed by atoms with Crippen molar-refractivity contribution in [2.24, 2.45) is 0 Å². The van der Waals surface area contributed by atoms with Gasteiger partial charge >= 0.3 is 0 Å². The van der Waals surface area contributed by atoms with E-state index >= 15 is 0 Å². The van der Waals surface area contributed by atoms with Crippen molar-refractivity contribution < 1.29 is 4.74 Å². The van der Waals surface area contributed by atoms with Crippen molar-refractivity contribution in [3.05, 3.63) is 6.61 Å². The minimum atomic E-state index is -0.155. The maximum atomic E-state index is 6.58. The molecule has 0 aromatic carbocycles. The molecule has 0 aliphatic rings. The highest BCUT2D eigenvalue weighted by Crippen LogP contribution is 2.06. The van der Waals surface area contributed by atoms with E-state index in [0.717, 1.165) is 6.21 Å². The molecule has 0 spiro atoms. The number of nitrogens with one attached hydrogen (secondary N) is 1. The minimum absolute atomic E-state index is 0.155. The van der Waals surface area contributed by atoms with Crippen molar-refractivity contribution >= 4 is 6.21 Å². The van der Waals surface area contributed by atoms with Crippen molar-refractivity contribution in [3.8, 4) is 0 Å². The largest absolute Gasteiger partial charge is 0.364 e. The summed E-state index contributed by atoms with van der Waals surface area (Å²) in [6, 6.07) is 0. The molecule has 1 radical (unpaired) electrons. The van der Waals surface area contributed by atoms with Gasteiger partial charge in [0, 0.05) is 6.21 Å². The Kier molecular flexibility index (Phi) is 2.69. The lowest BCUT2D eigenvalue weighted by Gasteiger charge is -2.16. The van der Waals surface area contributed by atoms with E-state index in [1.54, 1.807) is 0 Å². The quantitative estimate of drug-likeness (QED) is 0.543. The first-order valence-electron chi connectivity index (χ1n) is 2.56. The minimum Gasteiger partial charge on any atom is -0.364 e. The summed E-state index contributed by atoms with van der Waals surface area (Å²) in [4.78, 5) is 0. The average Bonchev–Trinajstić information content (AvgIpc) is 1.59. The van der Waals surface area contributed by atoms with E-state index < -0.39 is 0 Å². The van der Waals surface area contributed by atoms with Crippen LogP contribution >= 0.6 is 0 Å². The summed E-state index contributed by atoms with van der Waals surface area (Å²) in [6.45, 7) is 7.19. The average molecular weight is 114 g/mol. The molecule has 0 amide bonds. The summed E-state index contributed by atoms with van der Waals surface area (Å²) >= 11 is 0. The molecule has 0 atom stereocenters. The predicted molar refractivity (Wildman–Crippen MR) is 33.9 cm³/mol. The Morgan fingerprint density at radius 2 is 1.88 bits per heavy atom. The number of hydrogen-bond donors (Lipinski definition) is 1. The van der Waals surface area contributed by atoms with Gasteiger partial charge in [-0.2, -0.15) is 0 Å². The van der Waals surface area contributed by atoms with Crippen LogP contribution < -0.4 is 0 Å². The van der Waals surface area contributed by atoms with E-state index in [2.05, 4.69) is 0 Å². The molecule has 2 nitrogen and oxygen atoms in total. The van der Waals surface area contributed by atoms with Crippen LogP contribution in [0.4, 0.5) is 0 Å². The SMILES string of the molecule is CC(C)(C)O[CH]C=N. The van der Waals surface area contributed by atoms with Crippen LogP contribution in [0.3, 0.4) is 0 Å². The van der Waals surface area contributed by atoms with Gasteiger partial charge in [0.05, 0.1) is 5.60 Å². The Morgan fingerprint density at radius 1 is 1.38 bits per heavy atom. The third kappa shape index (κ3) is 5.63. The first kappa shape index (κ1) is 7.63. The van der Waals surface area contributed by atoms with Gasteiger partial charge in [-0.15, -0.1) is 0 Å². The van der Waals surface area contributed by atoms with E-state index in [4.69, 9.17) is 10.1 Å². The summed E-state index contributed by atoms with van der Waals surface area (Å²) < 4.78 is 5.01. The van der Waals surface area contributed by atoms with Crippen molar-refractivity contribution in [1.29, 1.82) is 5.41 Å². The zero-order chi connectivity index (χ0) is 6.62. The van der Waals surface area contributed by atoms with E-state index in [1.165, 1.54) is 6.61 Å². The van der Waals surface area contributed by atoms with Crippen molar-refractivity contribution in [3.63, 3.8) is 0 Å². The first-order valence-corrected chi connectivity index (χ1v) is 2.56. The molecular weight excluding hydrogens is 102 g/mol. The molecule has 0 fully saturated rings. The maximum Gasteiger partial charge on any atom is 0.124 e. The van der Waals surface area contributed by atoms with Gasteiger partial charge in [-0.05, 0) is 20.8 Å². The highest BCUT2D eigenvalue weighted by Gasteiger charge is 2.07. The fraction of sp³-hybridized carbons (Fsp3) is 0.667. The molecule has 0 saturated carbocycles. The molecule has 47 valence electrons. The van der Waals surface area contributed by atoms with Crippen LogP contribution in [0.5, 0.6) is 0 Å². The highest BCUT2D eigenvalue weighted by atomic mass is 16.5. The predicted octanol–water partition coefficient (Wildman–Crippen LogP) is 1.61. The molecular formula is C6H12NO. The molecule has 0 unspecified atom stereocenters. The molecule has 1 N–H and O–H groups in total. The van der Waals surface area contributed by atoms with Gasteiger partial charge in [0.1, 0.15) is 6.61 Å². The smallest absolute Gasteiger partial charge is 0.124 e. The molecule has 0 bridgehead atoms. The lowest BCUT2D eigenvalue weighted by atomic mass is 10.2. The van der Waals surface area contributed by atoms with Crippen LogP contribution in [0.15, 0.2) is 0 Å². The Bertz CT molecular complexity index is 73.1. The molecule has 0 aromatic rings. The zero-order valence-corrected chi connectivity index (χ0v) is 5.56. The molecule has 8 heavy (non-hydrogen) atoms. The van der Waals surface area contributed by atoms with Crippen LogP contribution in [0.25, 0.3) is 0 Å². The standard InChI is InChI=1S/C6H12NO/c1-6(2,3)8-5-4-7/h4-5,7H,1-3H3. The second kappa shape index (κ2) is 2.82. The molecule has 0 heterocycles. The maximum absolute atomic E-state index is 6.58. The Morgan fingerprint density at radius 3 is 2.00 bits per heavy atom. The molecule has 0 rings (SSSR count). The van der Waals surface area contributed by atoms with Crippen LogP contribution in [0.2, 0.25) is 0 Å². The van der Waals surface area contributed by atoms with E-state index in [9.17, 15) is 0 Å². The lowest BCUT2D eigenvalue weighted by molar-refractivity contribution is 0.0585. The molecule has 2 heteroatoms. The van der Waals surface area contributed by atoms with Crippen molar-refractivity contribution in [2.75, 3.05) is 0 Å². The number of hydrogen-bond acceptors (Lipinski definition) is 2. The lowest BCUT2D eigenvalue weighted by Crippen LogP contribution is -2.17. The van der Waals surface area contributed by atoms with Crippen LogP contribution in [0.1, 0.15) is 20.8 Å². The Hall–Kier alpha value is -0.370. The van der Waals surface area contributed by atoms with Crippen LogP contribution in [-0.2, 0) is 4.74 Å². The fourth-order valence-corrected chi connectivity index (χ4v) is 0.238. The summed E-state index contributed by atoms with van der Waals surface area (Å²) in [7, 11) is 0. The first-order chi connectivity index (χ1) is 3.56. The normalized spacial score (nSPS) is 11.4. The summed E-state index contributed by atoms with van der Waals surface area (Å²) in [5.74, 6) is 0. The van der Waals surface area contributed by atoms with Crippen LogP contribution in [-0.4, -0.2) is 11.8 Å². The third-order valence-electron chi connectivity index (χ3n) is 0.490. The van der Waals surface area contributed by atoms with Crippen LogP contribution in [0, 0.1) is 12.0 Å². The monoisotopic (exact) mass is 114 g/mol. The number of ether oxygens (including phenoxy) is 1. The van der Waals surface area contributed by atoms with Gasteiger partial charge in [0.25, 0.3) is 0 Å². The fourth-order valence-electron chi connectivity index (χ4n) is 0.238. The molecule has 0 aliphatic heterocycles. The summed E-state index contributed by atoms with van der Waals surface area (Å²) in [5, 5.41) is 6.58. The third-order valence-corrected chi connectivity index (χ3v) is 0.490. The molecule has 0 aliphatic carbocycles. The summed E-state index contributed by atoms with van der Waals surface area (Å²) in [5.41, 5.74) is -0.155. The molecule has 0 saturated heterocycles. The van der Waals surface area contributed by atoms with Gasteiger partial charge < -0.3 is 10.1 Å². The second-order valence-electron chi connectivity index (χ2n) is 2.53. The topological polar surface area (TPSA) is 33.1 Å². The Balaban J connectivity index is 3.24. The van der Waals surface area contributed by atoms with Gasteiger partial charge in [-0.25, -0.2) is 0 Å². The number of rotatable bonds is 2. The summed E-state index contributed by atoms with van der Waals surface area (Å²) in [6.07, 6.45) is 1.13. The van der Waals surface area contributed by atoms with Gasteiger partial charge in [0.2, 0.25) is 0 Å². The Labute approximate surface area is 50.4 Å². The zero-order valence-electron chi connectivity index (χ0n) is 5.56. The van der Waals surface area contributed by atoms with Crippen molar-refractivity contribution in [1.82, 2.24) is 0 Å². The van der Waals surface area contributed by atoms with Gasteiger partial charge in [0.15, 0.2) is 0 Å². The van der Waals surface area contributed by atoms with Crippen molar-refractivity contribution in [2.45, 2.75) is 26.4 Å². The highest BCUT2D eigenvalue weighted by molar-refractivity contribution is 5.61. The van der Waals surface area contributed by atoms with Gasteiger partial charge in [-0.1, -0.05) is 0 Å². The molecule has 0 aromatic heterocycles. The van der Waals surface area contributed by atoms with Gasteiger partial charge in [-0.3, -0.25) is 0 Å².